The largest absolute Gasteiger partial charge is 0.493 e. The molecule has 3 N–H and O–H groups in total. The summed E-state index contributed by atoms with van der Waals surface area (Å²) < 4.78 is 12.2. The first-order valence-electron chi connectivity index (χ1n) is 7.75. The van der Waals surface area contributed by atoms with Crippen LogP contribution < -0.4 is 20.5 Å². The van der Waals surface area contributed by atoms with Crippen LogP contribution in [0.15, 0.2) is 24.3 Å². The van der Waals surface area contributed by atoms with E-state index < -0.39 is 5.91 Å². The molecule has 2 aromatic rings. The summed E-state index contributed by atoms with van der Waals surface area (Å²) in [6, 6.07) is 7.11. The molecular formula is C17H22N4O4. The van der Waals surface area contributed by atoms with Gasteiger partial charge in [-0.05, 0) is 37.6 Å². The fourth-order valence-corrected chi connectivity index (χ4v) is 2.32. The molecule has 25 heavy (non-hydrogen) atoms. The Bertz CT molecular complexity index is 770. The quantitative estimate of drug-likeness (QED) is 0.731. The number of nitrogens with two attached hydrogens (primary N) is 1. The zero-order chi connectivity index (χ0) is 18.4. The number of nitrogens with one attached hydrogen (secondary N) is 1. The molecule has 134 valence electrons. The summed E-state index contributed by atoms with van der Waals surface area (Å²) in [7, 11) is 1.50. The molecule has 0 aliphatic carbocycles. The number of hydrogen-bond acceptors (Lipinski definition) is 5. The fraction of sp³-hybridized carbons (Fsp3) is 0.353. The number of nitrogens with zero attached hydrogens (tertiary/aromatic N) is 2. The summed E-state index contributed by atoms with van der Waals surface area (Å²) in [4.78, 5) is 22.9. The van der Waals surface area contributed by atoms with Gasteiger partial charge in [-0.25, -0.2) is 0 Å². The van der Waals surface area contributed by atoms with Gasteiger partial charge in [-0.3, -0.25) is 14.3 Å². The van der Waals surface area contributed by atoms with Gasteiger partial charge < -0.3 is 20.5 Å². The average Bonchev–Trinajstić information content (AvgIpc) is 2.88. The van der Waals surface area contributed by atoms with Crippen molar-refractivity contribution in [3.05, 3.63) is 41.2 Å². The Morgan fingerprint density at radius 2 is 2.00 bits per heavy atom. The van der Waals surface area contributed by atoms with Crippen LogP contribution in [0.4, 0.5) is 0 Å². The molecule has 0 fully saturated rings. The predicted octanol–water partition coefficient (Wildman–Crippen LogP) is 0.689. The Hall–Kier alpha value is -3.03. The van der Waals surface area contributed by atoms with Crippen LogP contribution in [0.5, 0.6) is 11.5 Å². The summed E-state index contributed by atoms with van der Waals surface area (Å²) in [5.41, 5.74) is 7.71. The molecule has 0 unspecified atom stereocenters. The van der Waals surface area contributed by atoms with Crippen molar-refractivity contribution in [3.8, 4) is 11.5 Å². The van der Waals surface area contributed by atoms with Crippen LogP contribution in [0.3, 0.4) is 0 Å². The molecule has 0 aliphatic heterocycles. The van der Waals surface area contributed by atoms with Crippen molar-refractivity contribution < 1.29 is 19.1 Å². The molecule has 1 aromatic heterocycles. The van der Waals surface area contributed by atoms with Gasteiger partial charge in [0.1, 0.15) is 6.54 Å². The maximum absolute atomic E-state index is 12.1. The number of ether oxygens (including phenoxy) is 2. The number of carbonyl (C=O) groups excluding carboxylic acids is 2. The van der Waals surface area contributed by atoms with Crippen LogP contribution in [0.25, 0.3) is 0 Å². The number of primary amides is 1. The first-order chi connectivity index (χ1) is 11.9. The van der Waals surface area contributed by atoms with E-state index in [2.05, 4.69) is 10.4 Å². The molecule has 0 saturated carbocycles. The zero-order valence-corrected chi connectivity index (χ0v) is 14.5. The Morgan fingerprint density at radius 3 is 2.60 bits per heavy atom. The molecule has 0 bridgehead atoms. The zero-order valence-electron chi connectivity index (χ0n) is 14.5. The second-order valence-electron chi connectivity index (χ2n) is 5.60. The molecule has 2 amide bonds. The highest BCUT2D eigenvalue weighted by Gasteiger charge is 2.10. The van der Waals surface area contributed by atoms with Gasteiger partial charge >= 0.3 is 0 Å². The van der Waals surface area contributed by atoms with E-state index in [1.807, 2.05) is 19.9 Å². The van der Waals surface area contributed by atoms with Crippen molar-refractivity contribution in [2.24, 2.45) is 5.73 Å². The lowest BCUT2D eigenvalue weighted by atomic mass is 10.2. The SMILES string of the molecule is COc1cc(CNC(=O)Cn2nc(C)cc2C)ccc1OCC(N)=O. The van der Waals surface area contributed by atoms with Gasteiger partial charge in [0.2, 0.25) is 5.91 Å². The van der Waals surface area contributed by atoms with Crippen LogP contribution in [0.1, 0.15) is 17.0 Å². The Balaban J connectivity index is 1.94. The lowest BCUT2D eigenvalue weighted by Crippen LogP contribution is -2.28. The molecule has 8 nitrogen and oxygen atoms in total. The van der Waals surface area contributed by atoms with Crippen LogP contribution in [-0.4, -0.2) is 35.3 Å². The van der Waals surface area contributed by atoms with Gasteiger partial charge in [-0.1, -0.05) is 6.07 Å². The highest BCUT2D eigenvalue weighted by atomic mass is 16.5. The molecule has 2 rings (SSSR count). The number of carbonyl (C=O) groups is 2. The second kappa shape index (κ2) is 8.18. The van der Waals surface area contributed by atoms with E-state index >= 15 is 0 Å². The number of aryl methyl sites for hydroxylation is 2. The van der Waals surface area contributed by atoms with E-state index in [9.17, 15) is 9.59 Å². The first kappa shape index (κ1) is 18.3. The standard InChI is InChI=1S/C17H22N4O4/c1-11-6-12(2)21(20-11)9-17(23)19-8-13-4-5-14(15(7-13)24-3)25-10-16(18)22/h4-7H,8-10H2,1-3H3,(H2,18,22)(H,19,23). The summed E-state index contributed by atoms with van der Waals surface area (Å²) >= 11 is 0. The number of rotatable bonds is 8. The topological polar surface area (TPSA) is 108 Å². The van der Waals surface area contributed by atoms with Gasteiger partial charge in [-0.2, -0.15) is 5.10 Å². The minimum atomic E-state index is -0.567. The predicted molar refractivity (Wildman–Crippen MR) is 91.2 cm³/mol. The number of amides is 2. The van der Waals surface area contributed by atoms with Crippen molar-refractivity contribution in [2.75, 3.05) is 13.7 Å². The van der Waals surface area contributed by atoms with Crippen LogP contribution >= 0.6 is 0 Å². The van der Waals surface area contributed by atoms with Crippen molar-refractivity contribution in [1.29, 1.82) is 0 Å². The van der Waals surface area contributed by atoms with E-state index in [4.69, 9.17) is 15.2 Å². The van der Waals surface area contributed by atoms with Crippen LogP contribution in [0, 0.1) is 13.8 Å². The molecule has 8 heteroatoms. The van der Waals surface area contributed by atoms with Crippen molar-refractivity contribution in [3.63, 3.8) is 0 Å². The van der Waals surface area contributed by atoms with Gasteiger partial charge in [0.25, 0.3) is 5.91 Å². The van der Waals surface area contributed by atoms with Crippen molar-refractivity contribution in [2.45, 2.75) is 26.9 Å². The van der Waals surface area contributed by atoms with Gasteiger partial charge in [-0.15, -0.1) is 0 Å². The molecule has 0 radical (unpaired) electrons. The Kier molecular flexibility index (Phi) is 5.99. The van der Waals surface area contributed by atoms with Gasteiger partial charge in [0, 0.05) is 12.2 Å². The minimum Gasteiger partial charge on any atom is -0.493 e. The summed E-state index contributed by atoms with van der Waals surface area (Å²) in [5.74, 6) is 0.173. The number of benzene rings is 1. The number of aromatic nitrogens is 2. The van der Waals surface area contributed by atoms with E-state index in [0.717, 1.165) is 17.0 Å². The Morgan fingerprint density at radius 1 is 1.24 bits per heavy atom. The van der Waals surface area contributed by atoms with Gasteiger partial charge in [0.05, 0.1) is 12.8 Å². The lowest BCUT2D eigenvalue weighted by Gasteiger charge is -2.12. The molecule has 0 atom stereocenters. The normalized spacial score (nSPS) is 10.4. The van der Waals surface area contributed by atoms with E-state index in [-0.39, 0.29) is 19.1 Å². The summed E-state index contributed by atoms with van der Waals surface area (Å²) in [5, 5.41) is 7.10. The Labute approximate surface area is 145 Å². The van der Waals surface area contributed by atoms with Crippen LogP contribution in [-0.2, 0) is 22.7 Å². The molecule has 0 saturated heterocycles. The molecule has 1 heterocycles. The number of methoxy groups -OCH3 is 1. The van der Waals surface area contributed by atoms with E-state index in [1.54, 1.807) is 22.9 Å². The first-order valence-corrected chi connectivity index (χ1v) is 7.75. The molecular weight excluding hydrogens is 324 g/mol. The fourth-order valence-electron chi connectivity index (χ4n) is 2.32. The lowest BCUT2D eigenvalue weighted by molar-refractivity contribution is -0.122. The highest BCUT2D eigenvalue weighted by Crippen LogP contribution is 2.27. The molecule has 0 spiro atoms. The van der Waals surface area contributed by atoms with Crippen LogP contribution in [0.2, 0.25) is 0 Å². The smallest absolute Gasteiger partial charge is 0.255 e. The summed E-state index contributed by atoms with van der Waals surface area (Å²) in [6.07, 6.45) is 0. The monoisotopic (exact) mass is 346 g/mol. The average molecular weight is 346 g/mol. The van der Waals surface area contributed by atoms with Gasteiger partial charge in [0.15, 0.2) is 18.1 Å². The van der Waals surface area contributed by atoms with Crippen molar-refractivity contribution >= 4 is 11.8 Å². The maximum atomic E-state index is 12.1. The minimum absolute atomic E-state index is 0.140. The number of hydrogen-bond donors (Lipinski definition) is 2. The second-order valence-corrected chi connectivity index (χ2v) is 5.60. The molecule has 1 aromatic carbocycles. The molecule has 0 aliphatic rings. The maximum Gasteiger partial charge on any atom is 0.255 e. The third kappa shape index (κ3) is 5.23. The highest BCUT2D eigenvalue weighted by molar-refractivity contribution is 5.76. The summed E-state index contributed by atoms with van der Waals surface area (Å²) in [6.45, 7) is 4.06. The third-order valence-corrected chi connectivity index (χ3v) is 3.48. The van der Waals surface area contributed by atoms with E-state index in [1.165, 1.54) is 7.11 Å². The van der Waals surface area contributed by atoms with E-state index in [0.29, 0.717) is 18.0 Å². The third-order valence-electron chi connectivity index (χ3n) is 3.48. The van der Waals surface area contributed by atoms with Crippen molar-refractivity contribution in [1.82, 2.24) is 15.1 Å².